The molecule has 0 bridgehead atoms. The number of amides is 1. The van der Waals surface area contributed by atoms with Crippen molar-refractivity contribution in [3.63, 3.8) is 0 Å². The number of rotatable bonds is 6. The van der Waals surface area contributed by atoms with Crippen molar-refractivity contribution in [2.24, 2.45) is 5.92 Å². The standard InChI is InChI=1S/C21H28N4O2/c1-15-5-4-12-25(14-15)20(26)19-13-16(2)23-21(24-19)22-11-10-17-6-8-18(27-3)9-7-17/h6-9,13,15H,4-5,10-12,14H2,1-3H3,(H,22,23,24). The third kappa shape index (κ3) is 5.18. The van der Waals surface area contributed by atoms with E-state index in [0.717, 1.165) is 37.4 Å². The Hall–Kier alpha value is -2.63. The highest BCUT2D eigenvalue weighted by atomic mass is 16.5. The molecule has 0 aliphatic carbocycles. The number of hydrogen-bond acceptors (Lipinski definition) is 5. The van der Waals surface area contributed by atoms with E-state index in [0.29, 0.717) is 24.1 Å². The number of piperidine rings is 1. The van der Waals surface area contributed by atoms with Gasteiger partial charge in [0.05, 0.1) is 7.11 Å². The van der Waals surface area contributed by atoms with Gasteiger partial charge in [-0.2, -0.15) is 0 Å². The van der Waals surface area contributed by atoms with Crippen LogP contribution in [0.3, 0.4) is 0 Å². The fourth-order valence-electron chi connectivity index (χ4n) is 3.40. The van der Waals surface area contributed by atoms with E-state index >= 15 is 0 Å². The van der Waals surface area contributed by atoms with Gasteiger partial charge in [0.15, 0.2) is 0 Å². The number of methoxy groups -OCH3 is 1. The van der Waals surface area contributed by atoms with E-state index in [1.54, 1.807) is 13.2 Å². The molecule has 1 fully saturated rings. The van der Waals surface area contributed by atoms with Crippen molar-refractivity contribution in [2.45, 2.75) is 33.1 Å². The molecular weight excluding hydrogens is 340 g/mol. The SMILES string of the molecule is COc1ccc(CCNc2nc(C)cc(C(=O)N3CCCC(C)C3)n2)cc1. The maximum absolute atomic E-state index is 12.8. The first-order chi connectivity index (χ1) is 13.0. The number of aryl methyl sites for hydroxylation is 1. The summed E-state index contributed by atoms with van der Waals surface area (Å²) in [6, 6.07) is 9.77. The van der Waals surface area contributed by atoms with E-state index < -0.39 is 0 Å². The molecule has 1 aliphatic heterocycles. The Labute approximate surface area is 161 Å². The summed E-state index contributed by atoms with van der Waals surface area (Å²) in [5, 5.41) is 3.25. The second kappa shape index (κ2) is 8.84. The molecule has 1 unspecified atom stereocenters. The molecule has 3 rings (SSSR count). The zero-order valence-corrected chi connectivity index (χ0v) is 16.4. The summed E-state index contributed by atoms with van der Waals surface area (Å²) in [5.74, 6) is 1.92. The molecule has 1 aromatic carbocycles. The van der Waals surface area contributed by atoms with Gasteiger partial charge in [-0.15, -0.1) is 0 Å². The van der Waals surface area contributed by atoms with Crippen molar-refractivity contribution < 1.29 is 9.53 Å². The number of carbonyl (C=O) groups is 1. The van der Waals surface area contributed by atoms with Crippen LogP contribution in [0.1, 0.15) is 41.5 Å². The zero-order chi connectivity index (χ0) is 19.2. The lowest BCUT2D eigenvalue weighted by molar-refractivity contribution is 0.0677. The van der Waals surface area contributed by atoms with Gasteiger partial charge in [0.25, 0.3) is 5.91 Å². The third-order valence-corrected chi connectivity index (χ3v) is 4.87. The molecule has 1 aromatic heterocycles. The van der Waals surface area contributed by atoms with Crippen LogP contribution < -0.4 is 10.1 Å². The molecule has 27 heavy (non-hydrogen) atoms. The molecule has 0 radical (unpaired) electrons. The molecule has 1 N–H and O–H groups in total. The molecule has 1 saturated heterocycles. The quantitative estimate of drug-likeness (QED) is 0.847. The van der Waals surface area contributed by atoms with Crippen LogP contribution in [0.4, 0.5) is 5.95 Å². The number of aromatic nitrogens is 2. The van der Waals surface area contributed by atoms with Crippen molar-refractivity contribution in [1.82, 2.24) is 14.9 Å². The molecule has 0 spiro atoms. The van der Waals surface area contributed by atoms with Crippen molar-refractivity contribution in [1.29, 1.82) is 0 Å². The van der Waals surface area contributed by atoms with E-state index in [1.807, 2.05) is 36.1 Å². The number of benzene rings is 1. The first-order valence-corrected chi connectivity index (χ1v) is 9.57. The van der Waals surface area contributed by atoms with Gasteiger partial charge in [-0.3, -0.25) is 4.79 Å². The van der Waals surface area contributed by atoms with Crippen LogP contribution in [0.25, 0.3) is 0 Å². The Morgan fingerprint density at radius 1 is 1.30 bits per heavy atom. The van der Waals surface area contributed by atoms with Crippen molar-refractivity contribution in [2.75, 3.05) is 32.1 Å². The predicted molar refractivity (Wildman–Crippen MR) is 106 cm³/mol. The van der Waals surface area contributed by atoms with Gasteiger partial charge < -0.3 is 15.0 Å². The third-order valence-electron chi connectivity index (χ3n) is 4.87. The second-order valence-corrected chi connectivity index (χ2v) is 7.24. The van der Waals surface area contributed by atoms with E-state index in [1.165, 1.54) is 12.0 Å². The molecule has 2 aromatic rings. The monoisotopic (exact) mass is 368 g/mol. The fraction of sp³-hybridized carbons (Fsp3) is 0.476. The molecule has 2 heterocycles. The Balaban J connectivity index is 1.61. The molecule has 6 nitrogen and oxygen atoms in total. The van der Waals surface area contributed by atoms with Crippen LogP contribution in [0.5, 0.6) is 5.75 Å². The minimum Gasteiger partial charge on any atom is -0.497 e. The summed E-state index contributed by atoms with van der Waals surface area (Å²) in [6.07, 6.45) is 3.09. The summed E-state index contributed by atoms with van der Waals surface area (Å²) >= 11 is 0. The Morgan fingerprint density at radius 2 is 2.07 bits per heavy atom. The van der Waals surface area contributed by atoms with Gasteiger partial charge >= 0.3 is 0 Å². The molecule has 1 atom stereocenters. The minimum atomic E-state index is 0.00487. The summed E-state index contributed by atoms with van der Waals surface area (Å²) in [7, 11) is 1.66. The largest absolute Gasteiger partial charge is 0.497 e. The smallest absolute Gasteiger partial charge is 0.272 e. The number of hydrogen-bond donors (Lipinski definition) is 1. The number of likely N-dealkylation sites (tertiary alicyclic amines) is 1. The Bertz CT molecular complexity index is 776. The van der Waals surface area contributed by atoms with Gasteiger partial charge in [-0.1, -0.05) is 19.1 Å². The topological polar surface area (TPSA) is 67.3 Å². The highest BCUT2D eigenvalue weighted by molar-refractivity contribution is 5.92. The maximum Gasteiger partial charge on any atom is 0.272 e. The molecule has 1 aliphatic rings. The summed E-state index contributed by atoms with van der Waals surface area (Å²) in [4.78, 5) is 23.6. The lowest BCUT2D eigenvalue weighted by Crippen LogP contribution is -2.39. The molecule has 0 saturated carbocycles. The fourth-order valence-corrected chi connectivity index (χ4v) is 3.40. The van der Waals surface area contributed by atoms with E-state index in [-0.39, 0.29) is 5.91 Å². The number of nitrogens with one attached hydrogen (secondary N) is 1. The number of ether oxygens (including phenoxy) is 1. The number of carbonyl (C=O) groups excluding carboxylic acids is 1. The average Bonchev–Trinajstić information content (AvgIpc) is 2.67. The Morgan fingerprint density at radius 3 is 2.78 bits per heavy atom. The van der Waals surface area contributed by atoms with Crippen molar-refractivity contribution in [3.05, 3.63) is 47.3 Å². The average molecular weight is 368 g/mol. The summed E-state index contributed by atoms with van der Waals surface area (Å²) < 4.78 is 5.18. The highest BCUT2D eigenvalue weighted by Crippen LogP contribution is 2.18. The summed E-state index contributed by atoms with van der Waals surface area (Å²) in [6.45, 7) is 6.40. The highest BCUT2D eigenvalue weighted by Gasteiger charge is 2.23. The first kappa shape index (κ1) is 19.1. The first-order valence-electron chi connectivity index (χ1n) is 9.57. The maximum atomic E-state index is 12.8. The lowest BCUT2D eigenvalue weighted by atomic mass is 10.00. The van der Waals surface area contributed by atoms with Crippen LogP contribution in [0, 0.1) is 12.8 Å². The number of nitrogens with zero attached hydrogens (tertiary/aromatic N) is 3. The van der Waals surface area contributed by atoms with Gasteiger partial charge in [0.2, 0.25) is 5.95 Å². The van der Waals surface area contributed by atoms with E-state index in [9.17, 15) is 4.79 Å². The van der Waals surface area contributed by atoms with Crippen LogP contribution in [0.15, 0.2) is 30.3 Å². The molecule has 1 amide bonds. The molecular formula is C21H28N4O2. The van der Waals surface area contributed by atoms with Crippen LogP contribution >= 0.6 is 0 Å². The molecule has 6 heteroatoms. The zero-order valence-electron chi connectivity index (χ0n) is 16.4. The van der Waals surface area contributed by atoms with Crippen LogP contribution in [-0.2, 0) is 6.42 Å². The van der Waals surface area contributed by atoms with E-state index in [2.05, 4.69) is 22.2 Å². The van der Waals surface area contributed by atoms with Crippen LogP contribution in [0.2, 0.25) is 0 Å². The van der Waals surface area contributed by atoms with Crippen LogP contribution in [-0.4, -0.2) is 47.5 Å². The second-order valence-electron chi connectivity index (χ2n) is 7.24. The van der Waals surface area contributed by atoms with Crippen molar-refractivity contribution in [3.8, 4) is 5.75 Å². The molecule has 144 valence electrons. The minimum absolute atomic E-state index is 0.00487. The lowest BCUT2D eigenvalue weighted by Gasteiger charge is -2.30. The van der Waals surface area contributed by atoms with Gasteiger partial charge in [-0.05, 0) is 55.9 Å². The number of anilines is 1. The van der Waals surface area contributed by atoms with Crippen molar-refractivity contribution >= 4 is 11.9 Å². The van der Waals surface area contributed by atoms with E-state index in [4.69, 9.17) is 4.74 Å². The van der Waals surface area contributed by atoms with Gasteiger partial charge in [0, 0.05) is 25.3 Å². The van der Waals surface area contributed by atoms with Gasteiger partial charge in [-0.25, -0.2) is 9.97 Å². The summed E-state index contributed by atoms with van der Waals surface area (Å²) in [5.41, 5.74) is 2.48. The van der Waals surface area contributed by atoms with Gasteiger partial charge in [0.1, 0.15) is 11.4 Å². The predicted octanol–water partition coefficient (Wildman–Crippen LogP) is 3.32. The normalized spacial score (nSPS) is 16.9. The Kier molecular flexibility index (Phi) is 6.27.